The topological polar surface area (TPSA) is 86.6 Å². The lowest BCUT2D eigenvalue weighted by Crippen LogP contribution is -2.27. The molecule has 9 heteroatoms. The van der Waals surface area contributed by atoms with E-state index in [2.05, 4.69) is 21.2 Å². The van der Waals surface area contributed by atoms with Crippen LogP contribution in [0.1, 0.15) is 37.4 Å². The minimum atomic E-state index is -0.601. The van der Waals surface area contributed by atoms with Crippen LogP contribution in [0.3, 0.4) is 0 Å². The van der Waals surface area contributed by atoms with Gasteiger partial charge in [-0.3, -0.25) is 14.7 Å². The standard InChI is InChI=1S/C21H21BrN2O5S/c1-5-28-19(26)17-16(22)14-10-11-15(25)24(18(14)30-17)13-8-6-12(7-9-13)23-20(27)29-21(2,3)4/h6-11H,5H2,1-4H3,(H,23,27). The van der Waals surface area contributed by atoms with E-state index in [0.29, 0.717) is 25.6 Å². The average molecular weight is 493 g/mol. The van der Waals surface area contributed by atoms with Gasteiger partial charge in [0, 0.05) is 17.1 Å². The summed E-state index contributed by atoms with van der Waals surface area (Å²) in [5, 5.41) is 3.39. The van der Waals surface area contributed by atoms with Gasteiger partial charge in [0.15, 0.2) is 0 Å². The molecule has 1 amide bonds. The van der Waals surface area contributed by atoms with Crippen LogP contribution >= 0.6 is 27.3 Å². The van der Waals surface area contributed by atoms with E-state index in [4.69, 9.17) is 9.47 Å². The Hall–Kier alpha value is -2.65. The largest absolute Gasteiger partial charge is 0.462 e. The van der Waals surface area contributed by atoms with Gasteiger partial charge in [0.25, 0.3) is 5.56 Å². The minimum Gasteiger partial charge on any atom is -0.462 e. The molecule has 158 valence electrons. The van der Waals surface area contributed by atoms with Crippen LogP contribution in [0.15, 0.2) is 45.7 Å². The molecule has 3 rings (SSSR count). The molecule has 0 saturated carbocycles. The Labute approximate surface area is 185 Å². The second-order valence-electron chi connectivity index (χ2n) is 7.37. The molecule has 1 N–H and O–H groups in total. The van der Waals surface area contributed by atoms with Crippen molar-refractivity contribution in [1.82, 2.24) is 4.57 Å². The minimum absolute atomic E-state index is 0.237. The number of pyridine rings is 1. The zero-order chi connectivity index (χ0) is 22.1. The molecule has 0 aliphatic carbocycles. The molecule has 3 aromatic rings. The number of esters is 1. The van der Waals surface area contributed by atoms with Crippen molar-refractivity contribution in [3.05, 3.63) is 56.1 Å². The van der Waals surface area contributed by atoms with Crippen molar-refractivity contribution in [2.45, 2.75) is 33.3 Å². The summed E-state index contributed by atoms with van der Waals surface area (Å²) in [5.74, 6) is -0.443. The lowest BCUT2D eigenvalue weighted by atomic mass is 10.2. The Morgan fingerprint density at radius 2 is 1.80 bits per heavy atom. The van der Waals surface area contributed by atoms with Crippen molar-refractivity contribution in [2.24, 2.45) is 0 Å². The normalized spacial score (nSPS) is 11.4. The molecule has 0 aliphatic heterocycles. The highest BCUT2D eigenvalue weighted by Gasteiger charge is 2.21. The quantitative estimate of drug-likeness (QED) is 0.496. The summed E-state index contributed by atoms with van der Waals surface area (Å²) in [6.45, 7) is 7.35. The van der Waals surface area contributed by atoms with Crippen molar-refractivity contribution in [1.29, 1.82) is 0 Å². The first-order chi connectivity index (χ1) is 14.1. The second-order valence-corrected chi connectivity index (χ2v) is 9.16. The summed E-state index contributed by atoms with van der Waals surface area (Å²) in [6, 6.07) is 9.91. The van der Waals surface area contributed by atoms with Crippen molar-refractivity contribution >= 4 is 55.2 Å². The van der Waals surface area contributed by atoms with Crippen molar-refractivity contribution < 1.29 is 19.1 Å². The van der Waals surface area contributed by atoms with Crippen LogP contribution < -0.4 is 10.9 Å². The molecule has 0 atom stereocenters. The third-order valence-electron chi connectivity index (χ3n) is 3.91. The molecular formula is C21H21BrN2O5S. The predicted molar refractivity (Wildman–Crippen MR) is 121 cm³/mol. The van der Waals surface area contributed by atoms with E-state index < -0.39 is 17.7 Å². The average Bonchev–Trinajstić information content (AvgIpc) is 2.98. The molecule has 0 unspecified atom stereocenters. The summed E-state index contributed by atoms with van der Waals surface area (Å²) in [4.78, 5) is 37.8. The van der Waals surface area contributed by atoms with Gasteiger partial charge in [-0.15, -0.1) is 11.3 Å². The molecule has 0 spiro atoms. The monoisotopic (exact) mass is 492 g/mol. The number of nitrogens with zero attached hydrogens (tertiary/aromatic N) is 1. The van der Waals surface area contributed by atoms with Crippen LogP contribution in [0.4, 0.5) is 10.5 Å². The van der Waals surface area contributed by atoms with E-state index in [-0.39, 0.29) is 12.2 Å². The van der Waals surface area contributed by atoms with Crippen LogP contribution in [0, 0.1) is 0 Å². The molecule has 2 aromatic heterocycles. The Balaban J connectivity index is 1.97. The molecule has 0 bridgehead atoms. The number of rotatable bonds is 4. The van der Waals surface area contributed by atoms with Gasteiger partial charge in [0.05, 0.1) is 16.8 Å². The smallest absolute Gasteiger partial charge is 0.412 e. The number of ether oxygens (including phenoxy) is 2. The van der Waals surface area contributed by atoms with Crippen LogP contribution in [-0.2, 0) is 9.47 Å². The van der Waals surface area contributed by atoms with Gasteiger partial charge in [-0.2, -0.15) is 0 Å². The zero-order valence-electron chi connectivity index (χ0n) is 16.9. The van der Waals surface area contributed by atoms with Crippen molar-refractivity contribution in [2.75, 3.05) is 11.9 Å². The van der Waals surface area contributed by atoms with Gasteiger partial charge in [0.1, 0.15) is 15.3 Å². The number of anilines is 1. The van der Waals surface area contributed by atoms with Gasteiger partial charge in [-0.1, -0.05) is 0 Å². The number of aromatic nitrogens is 1. The van der Waals surface area contributed by atoms with E-state index in [1.54, 1.807) is 58.0 Å². The number of thiophene rings is 1. The lowest BCUT2D eigenvalue weighted by Gasteiger charge is -2.19. The third-order valence-corrected chi connectivity index (χ3v) is 6.17. The highest BCUT2D eigenvalue weighted by molar-refractivity contribution is 9.10. The van der Waals surface area contributed by atoms with Crippen LogP contribution in [0.2, 0.25) is 0 Å². The Bertz CT molecular complexity index is 1160. The first-order valence-electron chi connectivity index (χ1n) is 9.22. The molecule has 0 radical (unpaired) electrons. The summed E-state index contributed by atoms with van der Waals surface area (Å²) in [5.41, 5.74) is 0.299. The summed E-state index contributed by atoms with van der Waals surface area (Å²) < 4.78 is 12.5. The number of carbonyl (C=O) groups is 2. The van der Waals surface area contributed by atoms with Gasteiger partial charge in [0.2, 0.25) is 0 Å². The zero-order valence-corrected chi connectivity index (χ0v) is 19.3. The van der Waals surface area contributed by atoms with Gasteiger partial charge in [-0.25, -0.2) is 9.59 Å². The van der Waals surface area contributed by atoms with Gasteiger partial charge in [-0.05, 0) is 74.0 Å². The van der Waals surface area contributed by atoms with Crippen molar-refractivity contribution in [3.63, 3.8) is 0 Å². The van der Waals surface area contributed by atoms with Gasteiger partial charge < -0.3 is 9.47 Å². The predicted octanol–water partition coefficient (Wildman–Crippen LogP) is 5.34. The Morgan fingerprint density at radius 1 is 1.13 bits per heavy atom. The van der Waals surface area contributed by atoms with Crippen LogP contribution in [0.5, 0.6) is 0 Å². The van der Waals surface area contributed by atoms with E-state index >= 15 is 0 Å². The third kappa shape index (κ3) is 4.73. The van der Waals surface area contributed by atoms with E-state index in [0.717, 1.165) is 5.39 Å². The first kappa shape index (κ1) is 22.0. The number of benzene rings is 1. The Morgan fingerprint density at radius 3 is 2.40 bits per heavy atom. The lowest BCUT2D eigenvalue weighted by molar-refractivity contribution is 0.0530. The molecule has 0 fully saturated rings. The molecule has 30 heavy (non-hydrogen) atoms. The molecule has 1 aromatic carbocycles. The fraction of sp³-hybridized carbons (Fsp3) is 0.286. The number of hydrogen-bond acceptors (Lipinski definition) is 6. The Kier molecular flexibility index (Phi) is 6.33. The number of carbonyl (C=O) groups excluding carboxylic acids is 2. The van der Waals surface area contributed by atoms with Crippen LogP contribution in [-0.4, -0.2) is 28.8 Å². The van der Waals surface area contributed by atoms with E-state index in [1.165, 1.54) is 22.0 Å². The number of hydrogen-bond donors (Lipinski definition) is 1. The second kappa shape index (κ2) is 8.61. The molecule has 2 heterocycles. The van der Waals surface area contributed by atoms with Crippen molar-refractivity contribution in [3.8, 4) is 5.69 Å². The summed E-state index contributed by atoms with van der Waals surface area (Å²) in [6.07, 6.45) is -0.559. The number of fused-ring (bicyclic) bond motifs is 1. The maximum atomic E-state index is 12.6. The summed E-state index contributed by atoms with van der Waals surface area (Å²) in [7, 11) is 0. The molecule has 0 saturated heterocycles. The molecular weight excluding hydrogens is 472 g/mol. The van der Waals surface area contributed by atoms with Crippen LogP contribution in [0.25, 0.3) is 15.9 Å². The van der Waals surface area contributed by atoms with E-state index in [1.807, 2.05) is 0 Å². The number of nitrogens with one attached hydrogen (secondary N) is 1. The maximum Gasteiger partial charge on any atom is 0.412 e. The molecule has 0 aliphatic rings. The fourth-order valence-corrected chi connectivity index (χ4v) is 4.70. The molecule has 7 nitrogen and oxygen atoms in total. The first-order valence-corrected chi connectivity index (χ1v) is 10.8. The highest BCUT2D eigenvalue weighted by Crippen LogP contribution is 2.36. The number of amides is 1. The SMILES string of the molecule is CCOC(=O)c1sc2c(ccc(=O)n2-c2ccc(NC(=O)OC(C)(C)C)cc2)c1Br. The highest BCUT2D eigenvalue weighted by atomic mass is 79.9. The fourth-order valence-electron chi connectivity index (χ4n) is 2.74. The van der Waals surface area contributed by atoms with Gasteiger partial charge >= 0.3 is 12.1 Å². The number of halogens is 1. The summed E-state index contributed by atoms with van der Waals surface area (Å²) >= 11 is 4.63. The van der Waals surface area contributed by atoms with E-state index in [9.17, 15) is 14.4 Å². The maximum absolute atomic E-state index is 12.6.